The predicted octanol–water partition coefficient (Wildman–Crippen LogP) is 15.4. The summed E-state index contributed by atoms with van der Waals surface area (Å²) in [4.78, 5) is 5.64. The fraction of sp³-hybridized carbons (Fsp3) is 0.517. The van der Waals surface area contributed by atoms with Gasteiger partial charge in [0.1, 0.15) is 0 Å². The van der Waals surface area contributed by atoms with E-state index < -0.39 is 0 Å². The summed E-state index contributed by atoms with van der Waals surface area (Å²) in [5.74, 6) is 6.92. The highest BCUT2D eigenvalue weighted by atomic mass is 14.9. The van der Waals surface area contributed by atoms with Crippen molar-refractivity contribution in [3.8, 4) is 22.3 Å². The van der Waals surface area contributed by atoms with Gasteiger partial charge in [-0.25, -0.2) is 0 Å². The summed E-state index contributed by atoms with van der Waals surface area (Å²) >= 11 is 0. The van der Waals surface area contributed by atoms with Crippen LogP contribution in [0.5, 0.6) is 0 Å². The number of rotatable bonds is 0. The number of hydrogen-bond donors (Lipinski definition) is 0. The van der Waals surface area contributed by atoms with Crippen LogP contribution in [0.4, 0.5) is 0 Å². The smallest absolute Gasteiger partial charge is 0.0731 e. The van der Waals surface area contributed by atoms with Crippen LogP contribution in [0.2, 0.25) is 0 Å². The minimum atomic E-state index is -0.144. The summed E-state index contributed by atoms with van der Waals surface area (Å²) in [6.07, 6.45) is 13.8. The van der Waals surface area contributed by atoms with Crippen LogP contribution >= 0.6 is 0 Å². The van der Waals surface area contributed by atoms with Crippen molar-refractivity contribution in [3.63, 3.8) is 0 Å². The van der Waals surface area contributed by atoms with Crippen LogP contribution in [-0.4, -0.2) is 9.38 Å². The van der Waals surface area contributed by atoms with Gasteiger partial charge < -0.3 is 4.40 Å². The molecule has 0 aliphatic heterocycles. The molecular formula is C60H62N2. The molecule has 7 atom stereocenters. The fourth-order valence-electron chi connectivity index (χ4n) is 18.5. The van der Waals surface area contributed by atoms with Crippen LogP contribution in [-0.2, 0) is 21.7 Å². The van der Waals surface area contributed by atoms with Crippen LogP contribution in [0.25, 0.3) is 60.3 Å². The highest BCUT2D eigenvalue weighted by Gasteiger charge is 2.78. The Balaban J connectivity index is 1.04. The van der Waals surface area contributed by atoms with E-state index in [-0.39, 0.29) is 21.7 Å². The second-order valence-corrected chi connectivity index (χ2v) is 26.3. The van der Waals surface area contributed by atoms with E-state index >= 15 is 0 Å². The maximum atomic E-state index is 5.64. The topological polar surface area (TPSA) is 17.3 Å². The van der Waals surface area contributed by atoms with Gasteiger partial charge in [0.25, 0.3) is 0 Å². The Morgan fingerprint density at radius 3 is 1.71 bits per heavy atom. The third kappa shape index (κ3) is 3.54. The zero-order chi connectivity index (χ0) is 41.8. The molecule has 2 heteroatoms. The summed E-state index contributed by atoms with van der Waals surface area (Å²) in [6, 6.07) is 18.8. The van der Waals surface area contributed by atoms with E-state index in [1.807, 2.05) is 0 Å². The molecule has 1 spiro atoms. The van der Waals surface area contributed by atoms with Crippen molar-refractivity contribution in [3.05, 3.63) is 104 Å². The van der Waals surface area contributed by atoms with Crippen molar-refractivity contribution in [1.82, 2.24) is 9.38 Å². The normalized spacial score (nSPS) is 32.8. The molecule has 3 aromatic heterocycles. The molecule has 17 rings (SSSR count). The zero-order valence-electron chi connectivity index (χ0n) is 38.8. The zero-order valence-corrected chi connectivity index (χ0v) is 38.8. The number of hydrogen-bond acceptors (Lipinski definition) is 1. The first-order valence-corrected chi connectivity index (χ1v) is 25.1. The van der Waals surface area contributed by atoms with Crippen LogP contribution in [0.15, 0.2) is 48.7 Å². The highest BCUT2D eigenvalue weighted by Crippen LogP contribution is 2.88. The van der Waals surface area contributed by atoms with Crippen molar-refractivity contribution in [2.45, 2.75) is 166 Å². The van der Waals surface area contributed by atoms with Gasteiger partial charge in [-0.05, 0) is 188 Å². The molecule has 62 heavy (non-hydrogen) atoms. The average Bonchev–Trinajstić information content (AvgIpc) is 3.89. The molecule has 5 saturated carbocycles. The predicted molar refractivity (Wildman–Crippen MR) is 256 cm³/mol. The number of benzene rings is 4. The van der Waals surface area contributed by atoms with Crippen molar-refractivity contribution in [2.24, 2.45) is 29.1 Å². The first-order valence-electron chi connectivity index (χ1n) is 25.1. The van der Waals surface area contributed by atoms with Crippen LogP contribution in [0.3, 0.4) is 0 Å². The Bertz CT molecular complexity index is 3310. The van der Waals surface area contributed by atoms with E-state index in [0.717, 1.165) is 47.3 Å². The molecule has 312 valence electrons. The third-order valence-electron chi connectivity index (χ3n) is 21.0. The van der Waals surface area contributed by atoms with Gasteiger partial charge in [-0.2, -0.15) is 0 Å². The second kappa shape index (κ2) is 10.0. The van der Waals surface area contributed by atoms with Crippen molar-refractivity contribution in [1.29, 1.82) is 0 Å². The van der Waals surface area contributed by atoms with Crippen molar-refractivity contribution in [2.75, 3.05) is 0 Å². The Kier molecular flexibility index (Phi) is 5.70. The molecular weight excluding hydrogens is 749 g/mol. The first-order chi connectivity index (χ1) is 29.5. The lowest BCUT2D eigenvalue weighted by Crippen LogP contribution is -2.68. The molecule has 4 bridgehead atoms. The second-order valence-electron chi connectivity index (χ2n) is 26.3. The number of fused-ring (bicyclic) bond motifs is 17. The van der Waals surface area contributed by atoms with Gasteiger partial charge in [0.2, 0.25) is 0 Å². The van der Waals surface area contributed by atoms with Crippen LogP contribution < -0.4 is 0 Å². The average molecular weight is 811 g/mol. The quantitative estimate of drug-likeness (QED) is 0.149. The summed E-state index contributed by atoms with van der Waals surface area (Å²) in [5, 5.41) is 5.93. The summed E-state index contributed by atoms with van der Waals surface area (Å²) in [5.41, 5.74) is 26.2. The maximum Gasteiger partial charge on any atom is 0.0731 e. The monoisotopic (exact) mass is 810 g/mol. The van der Waals surface area contributed by atoms with Crippen molar-refractivity contribution < 1.29 is 0 Å². The summed E-state index contributed by atoms with van der Waals surface area (Å²) in [6.45, 7) is 24.8. The maximum absolute atomic E-state index is 5.64. The van der Waals surface area contributed by atoms with Crippen LogP contribution in [0, 0.1) is 29.1 Å². The van der Waals surface area contributed by atoms with E-state index in [4.69, 9.17) is 4.98 Å². The van der Waals surface area contributed by atoms with Gasteiger partial charge >= 0.3 is 0 Å². The van der Waals surface area contributed by atoms with E-state index in [1.165, 1.54) is 140 Å². The van der Waals surface area contributed by atoms with E-state index in [9.17, 15) is 0 Å². The van der Waals surface area contributed by atoms with Gasteiger partial charge in [-0.15, -0.1) is 0 Å². The Morgan fingerprint density at radius 2 is 1.08 bits per heavy atom. The molecule has 3 heterocycles. The fourth-order valence-corrected chi connectivity index (χ4v) is 18.5. The third-order valence-corrected chi connectivity index (χ3v) is 21.0. The van der Waals surface area contributed by atoms with Gasteiger partial charge in [0.05, 0.1) is 28.4 Å². The lowest BCUT2D eigenvalue weighted by molar-refractivity contribution is -0.240. The van der Waals surface area contributed by atoms with Crippen molar-refractivity contribution >= 4 is 38.1 Å². The number of pyridine rings is 1. The largest absolute Gasteiger partial charge is 0.306 e. The van der Waals surface area contributed by atoms with Gasteiger partial charge in [0, 0.05) is 37.9 Å². The SMILES string of the molecule is CC(C)(C)c1cc(C(C)(C)C)c2c3c4c(ncc3n3c5ccc6c(c5c1c23)-c1cc2c(cc1C6(C)C)C1CC3CC(CC2C3)C1)C(C)(C)c1cc2c(cc1-4)C1CC3CC4CC2C341. The molecule has 10 aliphatic carbocycles. The minimum Gasteiger partial charge on any atom is -0.306 e. The number of aromatic nitrogens is 2. The van der Waals surface area contributed by atoms with E-state index in [0.29, 0.717) is 5.41 Å². The molecule has 0 N–H and O–H groups in total. The molecule has 0 saturated heterocycles. The molecule has 7 aromatic rings. The minimum absolute atomic E-state index is 0.0495. The molecule has 2 nitrogen and oxygen atoms in total. The lowest BCUT2D eigenvalue weighted by atomic mass is 9.28. The molecule has 4 aromatic carbocycles. The molecule has 0 amide bonds. The van der Waals surface area contributed by atoms with E-state index in [1.54, 1.807) is 27.8 Å². The number of nitrogens with zero attached hydrogens (tertiary/aromatic N) is 2. The Labute approximate surface area is 367 Å². The summed E-state index contributed by atoms with van der Waals surface area (Å²) in [7, 11) is 0. The van der Waals surface area contributed by atoms with Gasteiger partial charge in [-0.1, -0.05) is 106 Å². The molecule has 7 unspecified atom stereocenters. The van der Waals surface area contributed by atoms with Crippen LogP contribution in [0.1, 0.15) is 200 Å². The Morgan fingerprint density at radius 1 is 0.532 bits per heavy atom. The molecule has 10 aliphatic rings. The Hall–Kier alpha value is -4.17. The first kappa shape index (κ1) is 35.2. The molecule has 0 radical (unpaired) electrons. The standard InChI is InChI=1S/C60H62N2/c1-56(2,3)44-25-45(57(4,5)6)51-53-47(26-61-55-49(53)38-22-35-36(24-41(38)59(55,9)10)43-20-32-18-31-19-42(35)60(31,32)43)62-46-12-11-39-48(52(46)50(44)54(51)62)37-21-33-29-14-27-13-28(15-29)17-30(16-27)34(33)23-40(37)58(39,7)8/h11-12,21-32,42-43H,13-20H2,1-10H3. The highest BCUT2D eigenvalue weighted by molar-refractivity contribution is 6.31. The summed E-state index contributed by atoms with van der Waals surface area (Å²) < 4.78 is 2.73. The molecule has 5 fully saturated rings. The van der Waals surface area contributed by atoms with Gasteiger partial charge in [-0.3, -0.25) is 4.98 Å². The van der Waals surface area contributed by atoms with E-state index in [2.05, 4.69) is 122 Å². The lowest BCUT2D eigenvalue weighted by Gasteiger charge is -2.76. The van der Waals surface area contributed by atoms with Gasteiger partial charge in [0.15, 0.2) is 0 Å².